The van der Waals surface area contributed by atoms with Crippen molar-refractivity contribution < 1.29 is 8.83 Å². The van der Waals surface area contributed by atoms with Crippen LogP contribution in [0.2, 0.25) is 0 Å². The molecule has 0 fully saturated rings. The van der Waals surface area contributed by atoms with Crippen LogP contribution in [-0.2, 0) is 6.42 Å². The maximum absolute atomic E-state index is 6.62. The Morgan fingerprint density at radius 1 is 0.745 bits per heavy atom. The van der Waals surface area contributed by atoms with Gasteiger partial charge in [0, 0.05) is 60.0 Å². The van der Waals surface area contributed by atoms with Crippen LogP contribution in [0.4, 0.5) is 0 Å². The molecule has 4 heterocycles. The van der Waals surface area contributed by atoms with E-state index in [1.54, 1.807) is 0 Å². The fourth-order valence-electron chi connectivity index (χ4n) is 8.22. The van der Waals surface area contributed by atoms with Crippen molar-refractivity contribution in [2.45, 2.75) is 38.0 Å². The standard InChI is InChI=1S/C46H32N2O2S/c1-3-10-27(11-4-1)31-18-21-34-40(26-31)50-46-42(34)43(47-45(48-46)28-12-5-2-6-13-28)35-16-9-15-33-37-25-30(20-23-41(37)51-44(33)35)29-19-22-39-36(24-29)32-14-7-8-17-38(32)49-39/h1,3-5,7-10,12-18,20-21,23-27H,2,6,11,19,22H2. The largest absolute Gasteiger partial charge is 0.460 e. The van der Waals surface area contributed by atoms with Crippen LogP contribution in [0.25, 0.3) is 81.7 Å². The molecule has 1 unspecified atom stereocenters. The third-order valence-corrected chi connectivity index (χ3v) is 12.0. The van der Waals surface area contributed by atoms with Gasteiger partial charge in [-0.05, 0) is 72.7 Å². The highest BCUT2D eigenvalue weighted by Gasteiger charge is 2.23. The number of para-hydroxylation sites is 1. The highest BCUT2D eigenvalue weighted by molar-refractivity contribution is 7.26. The van der Waals surface area contributed by atoms with E-state index < -0.39 is 0 Å². The van der Waals surface area contributed by atoms with Crippen LogP contribution in [0, 0.1) is 0 Å². The number of benzene rings is 4. The molecule has 5 heteroatoms. The molecule has 8 aromatic rings. The molecule has 3 aliphatic rings. The molecule has 3 aliphatic carbocycles. The molecule has 0 N–H and O–H groups in total. The average molecular weight is 677 g/mol. The Bertz CT molecular complexity index is 2910. The summed E-state index contributed by atoms with van der Waals surface area (Å²) in [5.41, 5.74) is 10.6. The minimum Gasteiger partial charge on any atom is -0.460 e. The molecule has 244 valence electrons. The van der Waals surface area contributed by atoms with Gasteiger partial charge in [0.05, 0.1) is 11.1 Å². The van der Waals surface area contributed by atoms with Crippen molar-refractivity contribution in [3.63, 3.8) is 0 Å². The summed E-state index contributed by atoms with van der Waals surface area (Å²) in [4.78, 5) is 10.4. The second-order valence-corrected chi connectivity index (χ2v) is 14.9. The van der Waals surface area contributed by atoms with Gasteiger partial charge in [-0.25, -0.2) is 4.98 Å². The number of nitrogens with zero attached hydrogens (tertiary/aromatic N) is 2. The first kappa shape index (κ1) is 29.0. The molecule has 0 radical (unpaired) electrons. The van der Waals surface area contributed by atoms with Crippen LogP contribution in [0.5, 0.6) is 0 Å². The second kappa shape index (κ2) is 11.4. The molecule has 1 atom stereocenters. The van der Waals surface area contributed by atoms with Crippen molar-refractivity contribution in [3.8, 4) is 11.3 Å². The van der Waals surface area contributed by atoms with E-state index in [9.17, 15) is 0 Å². The first-order chi connectivity index (χ1) is 25.2. The van der Waals surface area contributed by atoms with Crippen molar-refractivity contribution in [1.82, 2.24) is 9.97 Å². The fraction of sp³-hybridized carbons (Fsp3) is 0.130. The average Bonchev–Trinajstić information content (AvgIpc) is 3.88. The third-order valence-electron chi connectivity index (χ3n) is 10.8. The molecule has 0 aliphatic heterocycles. The number of hydrogen-bond donors (Lipinski definition) is 0. The number of rotatable bonds is 4. The lowest BCUT2D eigenvalue weighted by Gasteiger charge is -2.13. The lowest BCUT2D eigenvalue weighted by Crippen LogP contribution is -1.98. The summed E-state index contributed by atoms with van der Waals surface area (Å²) in [6, 6.07) is 28.6. The minimum absolute atomic E-state index is 0.342. The maximum Gasteiger partial charge on any atom is 0.231 e. The highest BCUT2D eigenvalue weighted by Crippen LogP contribution is 2.45. The summed E-state index contributed by atoms with van der Waals surface area (Å²) >= 11 is 1.84. The maximum atomic E-state index is 6.62. The number of hydrogen-bond acceptors (Lipinski definition) is 5. The quantitative estimate of drug-likeness (QED) is 0.186. The highest BCUT2D eigenvalue weighted by atomic mass is 32.1. The zero-order valence-electron chi connectivity index (χ0n) is 27.9. The third kappa shape index (κ3) is 4.65. The SMILES string of the molecule is C1=CCC(c2ccc3c(c2)oc2nc(C4=CCCC=C4)nc(-c4cccc5c4sc4ccc(C6=Cc7c(oc8ccccc78)CC6)cc45)c23)C=C1. The van der Waals surface area contributed by atoms with Crippen LogP contribution >= 0.6 is 11.3 Å². The van der Waals surface area contributed by atoms with Crippen molar-refractivity contribution >= 4 is 81.8 Å². The molecule has 0 saturated heterocycles. The van der Waals surface area contributed by atoms with Crippen molar-refractivity contribution in [3.05, 3.63) is 150 Å². The van der Waals surface area contributed by atoms with Crippen molar-refractivity contribution in [1.29, 1.82) is 0 Å². The molecule has 4 aromatic heterocycles. The zero-order valence-corrected chi connectivity index (χ0v) is 28.7. The van der Waals surface area contributed by atoms with Gasteiger partial charge in [0.2, 0.25) is 5.71 Å². The van der Waals surface area contributed by atoms with Gasteiger partial charge in [0.25, 0.3) is 0 Å². The van der Waals surface area contributed by atoms with E-state index in [1.807, 2.05) is 17.4 Å². The first-order valence-corrected chi connectivity index (χ1v) is 18.7. The lowest BCUT2D eigenvalue weighted by molar-refractivity contribution is 0.548. The van der Waals surface area contributed by atoms with E-state index in [2.05, 4.69) is 121 Å². The monoisotopic (exact) mass is 676 g/mol. The van der Waals surface area contributed by atoms with E-state index in [0.29, 0.717) is 17.5 Å². The normalized spacial score (nSPS) is 17.2. The number of fused-ring (bicyclic) bond motifs is 9. The smallest absolute Gasteiger partial charge is 0.231 e. The Labute approximate surface area is 298 Å². The summed E-state index contributed by atoms with van der Waals surface area (Å²) in [5.74, 6) is 2.14. The molecule has 0 saturated carbocycles. The van der Waals surface area contributed by atoms with Gasteiger partial charge in [-0.2, -0.15) is 4.98 Å². The summed E-state index contributed by atoms with van der Waals surface area (Å²) in [7, 11) is 0. The van der Waals surface area contributed by atoms with Gasteiger partial charge >= 0.3 is 0 Å². The van der Waals surface area contributed by atoms with Crippen LogP contribution in [-0.4, -0.2) is 9.97 Å². The van der Waals surface area contributed by atoms with E-state index in [4.69, 9.17) is 18.8 Å². The second-order valence-electron chi connectivity index (χ2n) is 13.8. The van der Waals surface area contributed by atoms with Gasteiger partial charge in [0.15, 0.2) is 5.82 Å². The Morgan fingerprint density at radius 2 is 1.71 bits per heavy atom. The van der Waals surface area contributed by atoms with Crippen molar-refractivity contribution in [2.75, 3.05) is 0 Å². The summed E-state index contributed by atoms with van der Waals surface area (Å²) in [6.45, 7) is 0. The Morgan fingerprint density at radius 3 is 2.63 bits per heavy atom. The van der Waals surface area contributed by atoms with Crippen LogP contribution in [0.1, 0.15) is 59.9 Å². The Hall–Kier alpha value is -5.78. The summed E-state index contributed by atoms with van der Waals surface area (Å²) in [6.07, 6.45) is 22.6. The van der Waals surface area contributed by atoms with E-state index >= 15 is 0 Å². The van der Waals surface area contributed by atoms with Crippen LogP contribution < -0.4 is 0 Å². The molecule has 0 spiro atoms. The summed E-state index contributed by atoms with van der Waals surface area (Å²) in [5, 5.41) is 5.74. The zero-order chi connectivity index (χ0) is 33.5. The number of furan rings is 2. The molecular formula is C46H32N2O2S. The summed E-state index contributed by atoms with van der Waals surface area (Å²) < 4.78 is 15.3. The van der Waals surface area contributed by atoms with Crippen molar-refractivity contribution in [2.24, 2.45) is 0 Å². The number of aromatic nitrogens is 2. The van der Waals surface area contributed by atoms with Gasteiger partial charge in [0.1, 0.15) is 16.9 Å². The van der Waals surface area contributed by atoms with Gasteiger partial charge < -0.3 is 8.83 Å². The van der Waals surface area contributed by atoms with Gasteiger partial charge in [-0.3, -0.25) is 0 Å². The van der Waals surface area contributed by atoms with Crippen LogP contribution in [0.15, 0.2) is 130 Å². The predicted molar refractivity (Wildman–Crippen MR) is 212 cm³/mol. The molecule has 11 rings (SSSR count). The van der Waals surface area contributed by atoms with Gasteiger partial charge in [-0.1, -0.05) is 97.1 Å². The van der Waals surface area contributed by atoms with Gasteiger partial charge in [-0.15, -0.1) is 11.3 Å². The molecule has 4 aromatic carbocycles. The van der Waals surface area contributed by atoms with E-state index in [1.165, 1.54) is 47.8 Å². The number of aryl methyl sites for hydroxylation is 1. The first-order valence-electron chi connectivity index (χ1n) is 17.9. The fourth-order valence-corrected chi connectivity index (χ4v) is 9.42. The van der Waals surface area contributed by atoms with E-state index in [0.717, 1.165) is 76.6 Å². The number of allylic oxidation sites excluding steroid dienone is 9. The molecule has 4 nitrogen and oxygen atoms in total. The minimum atomic E-state index is 0.342. The molecular weight excluding hydrogens is 645 g/mol. The van der Waals surface area contributed by atoms with E-state index in [-0.39, 0.29) is 0 Å². The lowest BCUT2D eigenvalue weighted by atomic mass is 9.91. The molecule has 0 bridgehead atoms. The van der Waals surface area contributed by atoms with Crippen LogP contribution in [0.3, 0.4) is 0 Å². The molecule has 51 heavy (non-hydrogen) atoms. The Balaban J connectivity index is 1.09. The Kier molecular flexibility index (Phi) is 6.47. The topological polar surface area (TPSA) is 52.1 Å². The number of thiophene rings is 1. The predicted octanol–water partition coefficient (Wildman–Crippen LogP) is 13.0. The molecule has 0 amide bonds.